The largest absolute Gasteiger partial charge is 0.354 e. The van der Waals surface area contributed by atoms with E-state index in [1.54, 1.807) is 0 Å². The van der Waals surface area contributed by atoms with Crippen LogP contribution in [-0.4, -0.2) is 40.9 Å². The number of para-hydroxylation sites is 1. The van der Waals surface area contributed by atoms with E-state index in [2.05, 4.69) is 99.4 Å². The molecule has 0 amide bonds. The van der Waals surface area contributed by atoms with Crippen LogP contribution in [0.25, 0.3) is 16.9 Å². The summed E-state index contributed by atoms with van der Waals surface area (Å²) in [5, 5.41) is 4.97. The molecule has 1 aromatic heterocycles. The minimum Gasteiger partial charge on any atom is -0.354 e. The Morgan fingerprint density at radius 1 is 0.667 bits per heavy atom. The Balaban J connectivity index is 1.39. The van der Waals surface area contributed by atoms with Gasteiger partial charge in [-0.25, -0.2) is 4.68 Å². The highest BCUT2D eigenvalue weighted by Gasteiger charge is 2.22. The van der Waals surface area contributed by atoms with Crippen molar-refractivity contribution in [3.63, 3.8) is 0 Å². The zero-order chi connectivity index (χ0) is 20.2. The molecule has 4 heteroatoms. The molecule has 0 atom stereocenters. The summed E-state index contributed by atoms with van der Waals surface area (Å²) < 4.78 is 2.09. The van der Waals surface area contributed by atoms with Gasteiger partial charge in [-0.15, -0.1) is 0 Å². The van der Waals surface area contributed by atoms with Crippen LogP contribution in [0.2, 0.25) is 0 Å². The number of hydrogen-bond donors (Lipinski definition) is 0. The molecule has 1 fully saturated rings. The normalized spacial score (nSPS) is 14.7. The number of anilines is 1. The Morgan fingerprint density at radius 3 is 1.93 bits per heavy atom. The standard InChI is InChI=1S/C26H26N4/c1-4-10-22(11-5-1)21-28-16-18-29(19-17-28)26-20-25(23-12-6-2-7-13-23)27-30(26)24-14-8-3-9-15-24/h1-15,20H,16-19,21H2. The van der Waals surface area contributed by atoms with Gasteiger partial charge in [-0.05, 0) is 17.7 Å². The third-order valence-corrected chi connectivity index (χ3v) is 5.71. The molecule has 0 aliphatic carbocycles. The Kier molecular flexibility index (Phi) is 5.32. The van der Waals surface area contributed by atoms with Gasteiger partial charge in [-0.2, -0.15) is 5.10 Å². The number of aromatic nitrogens is 2. The lowest BCUT2D eigenvalue weighted by Crippen LogP contribution is -2.46. The quantitative estimate of drug-likeness (QED) is 0.483. The second-order valence-corrected chi connectivity index (χ2v) is 7.75. The summed E-state index contributed by atoms with van der Waals surface area (Å²) in [6.45, 7) is 5.12. The molecule has 0 N–H and O–H groups in total. The van der Waals surface area contributed by atoms with Crippen molar-refractivity contribution in [1.29, 1.82) is 0 Å². The highest BCUT2D eigenvalue weighted by atomic mass is 15.4. The highest BCUT2D eigenvalue weighted by molar-refractivity contribution is 5.65. The molecule has 1 aliphatic heterocycles. The SMILES string of the molecule is c1ccc(CN2CCN(c3cc(-c4ccccc4)nn3-c3ccccc3)CC2)cc1. The Morgan fingerprint density at radius 2 is 1.27 bits per heavy atom. The third-order valence-electron chi connectivity index (χ3n) is 5.71. The topological polar surface area (TPSA) is 24.3 Å². The highest BCUT2D eigenvalue weighted by Crippen LogP contribution is 2.28. The van der Waals surface area contributed by atoms with Crippen LogP contribution in [0.15, 0.2) is 97.1 Å². The molecule has 150 valence electrons. The summed E-state index contributed by atoms with van der Waals surface area (Å²) in [5.41, 5.74) is 4.64. The van der Waals surface area contributed by atoms with Crippen LogP contribution in [0.4, 0.5) is 5.82 Å². The van der Waals surface area contributed by atoms with E-state index in [0.717, 1.165) is 49.7 Å². The van der Waals surface area contributed by atoms with Crippen molar-refractivity contribution in [3.8, 4) is 16.9 Å². The van der Waals surface area contributed by atoms with Gasteiger partial charge in [0.1, 0.15) is 5.82 Å². The van der Waals surface area contributed by atoms with Crippen molar-refractivity contribution < 1.29 is 0 Å². The van der Waals surface area contributed by atoms with Gasteiger partial charge in [0.05, 0.1) is 11.4 Å². The van der Waals surface area contributed by atoms with Crippen LogP contribution < -0.4 is 4.90 Å². The molecule has 0 radical (unpaired) electrons. The van der Waals surface area contributed by atoms with E-state index in [-0.39, 0.29) is 0 Å². The van der Waals surface area contributed by atoms with Gasteiger partial charge in [0.25, 0.3) is 0 Å². The van der Waals surface area contributed by atoms with E-state index >= 15 is 0 Å². The third kappa shape index (κ3) is 4.00. The van der Waals surface area contributed by atoms with E-state index < -0.39 is 0 Å². The summed E-state index contributed by atoms with van der Waals surface area (Å²) in [5.74, 6) is 1.17. The summed E-state index contributed by atoms with van der Waals surface area (Å²) in [6, 6.07) is 33.8. The Bertz CT molecular complexity index is 1070. The fraction of sp³-hybridized carbons (Fsp3) is 0.192. The maximum atomic E-state index is 4.97. The second-order valence-electron chi connectivity index (χ2n) is 7.75. The monoisotopic (exact) mass is 394 g/mol. The molecule has 0 spiro atoms. The van der Waals surface area contributed by atoms with Crippen LogP contribution in [0.1, 0.15) is 5.56 Å². The van der Waals surface area contributed by atoms with E-state index in [9.17, 15) is 0 Å². The van der Waals surface area contributed by atoms with E-state index in [1.807, 2.05) is 12.1 Å². The molecule has 1 saturated heterocycles. The number of nitrogens with zero attached hydrogens (tertiary/aromatic N) is 4. The molecule has 5 rings (SSSR count). The van der Waals surface area contributed by atoms with E-state index in [4.69, 9.17) is 5.10 Å². The van der Waals surface area contributed by atoms with Gasteiger partial charge in [-0.1, -0.05) is 78.9 Å². The molecule has 2 heterocycles. The molecule has 1 aliphatic rings. The Hall–Kier alpha value is -3.37. The first-order valence-electron chi connectivity index (χ1n) is 10.6. The first-order valence-corrected chi connectivity index (χ1v) is 10.6. The summed E-state index contributed by atoms with van der Waals surface area (Å²) in [6.07, 6.45) is 0. The maximum absolute atomic E-state index is 4.97. The van der Waals surface area contributed by atoms with Crippen molar-refractivity contribution in [2.24, 2.45) is 0 Å². The van der Waals surface area contributed by atoms with Crippen LogP contribution >= 0.6 is 0 Å². The van der Waals surface area contributed by atoms with Crippen molar-refractivity contribution in [3.05, 3.63) is 103 Å². The van der Waals surface area contributed by atoms with Crippen molar-refractivity contribution in [2.75, 3.05) is 31.1 Å². The lowest BCUT2D eigenvalue weighted by Gasteiger charge is -2.36. The zero-order valence-corrected chi connectivity index (χ0v) is 17.1. The number of benzene rings is 3. The number of piperazine rings is 1. The first kappa shape index (κ1) is 18.6. The van der Waals surface area contributed by atoms with Crippen LogP contribution in [-0.2, 0) is 6.54 Å². The summed E-state index contributed by atoms with van der Waals surface area (Å²) >= 11 is 0. The molecular weight excluding hydrogens is 368 g/mol. The average molecular weight is 395 g/mol. The molecule has 4 nitrogen and oxygen atoms in total. The van der Waals surface area contributed by atoms with Crippen molar-refractivity contribution in [1.82, 2.24) is 14.7 Å². The minimum atomic E-state index is 1.000. The summed E-state index contributed by atoms with van der Waals surface area (Å²) in [7, 11) is 0. The number of rotatable bonds is 5. The lowest BCUT2D eigenvalue weighted by molar-refractivity contribution is 0.249. The van der Waals surface area contributed by atoms with Gasteiger partial charge in [0.2, 0.25) is 0 Å². The van der Waals surface area contributed by atoms with Gasteiger partial charge in [0, 0.05) is 44.4 Å². The molecule has 3 aromatic carbocycles. The minimum absolute atomic E-state index is 1.000. The van der Waals surface area contributed by atoms with Gasteiger partial charge < -0.3 is 4.90 Å². The smallest absolute Gasteiger partial charge is 0.133 e. The van der Waals surface area contributed by atoms with Gasteiger partial charge in [0.15, 0.2) is 0 Å². The van der Waals surface area contributed by atoms with Crippen molar-refractivity contribution >= 4 is 5.82 Å². The molecule has 0 saturated carbocycles. The second kappa shape index (κ2) is 8.56. The predicted octanol–water partition coefficient (Wildman–Crippen LogP) is 4.86. The molecule has 30 heavy (non-hydrogen) atoms. The van der Waals surface area contributed by atoms with Gasteiger partial charge in [-0.3, -0.25) is 4.90 Å². The number of hydrogen-bond acceptors (Lipinski definition) is 3. The molecule has 4 aromatic rings. The zero-order valence-electron chi connectivity index (χ0n) is 17.1. The lowest BCUT2D eigenvalue weighted by atomic mass is 10.1. The molecule has 0 unspecified atom stereocenters. The maximum Gasteiger partial charge on any atom is 0.133 e. The fourth-order valence-corrected chi connectivity index (χ4v) is 4.08. The Labute approximate surface area is 178 Å². The molecular formula is C26H26N4. The summed E-state index contributed by atoms with van der Waals surface area (Å²) in [4.78, 5) is 5.00. The first-order chi connectivity index (χ1) is 14.9. The van der Waals surface area contributed by atoms with Crippen LogP contribution in [0, 0.1) is 0 Å². The molecule has 0 bridgehead atoms. The fourth-order valence-electron chi connectivity index (χ4n) is 4.08. The van der Waals surface area contributed by atoms with Crippen LogP contribution in [0.5, 0.6) is 0 Å². The van der Waals surface area contributed by atoms with Crippen LogP contribution in [0.3, 0.4) is 0 Å². The van der Waals surface area contributed by atoms with Crippen molar-refractivity contribution in [2.45, 2.75) is 6.54 Å². The average Bonchev–Trinajstić information content (AvgIpc) is 3.27. The van der Waals surface area contributed by atoms with Gasteiger partial charge >= 0.3 is 0 Å². The van der Waals surface area contributed by atoms with E-state index in [0.29, 0.717) is 0 Å². The van der Waals surface area contributed by atoms with E-state index in [1.165, 1.54) is 11.4 Å². The predicted molar refractivity (Wildman–Crippen MR) is 123 cm³/mol.